The van der Waals surface area contributed by atoms with Crippen LogP contribution in [0.25, 0.3) is 0 Å². The topological polar surface area (TPSA) is 35.2 Å². The number of halogens is 1. The predicted octanol–water partition coefficient (Wildman–Crippen LogP) is 3.96. The van der Waals surface area contributed by atoms with E-state index in [2.05, 4.69) is 0 Å². The van der Waals surface area contributed by atoms with Crippen LogP contribution in [0.15, 0.2) is 52.3 Å². The van der Waals surface area contributed by atoms with Gasteiger partial charge < -0.3 is 10.5 Å². The summed E-state index contributed by atoms with van der Waals surface area (Å²) >= 11 is 7.62. The van der Waals surface area contributed by atoms with Gasteiger partial charge in [0.2, 0.25) is 0 Å². The molecule has 0 aliphatic rings. The van der Waals surface area contributed by atoms with E-state index in [1.807, 2.05) is 42.5 Å². The molecule has 2 N–H and O–H groups in total. The first-order valence-electron chi connectivity index (χ1n) is 5.53. The van der Waals surface area contributed by atoms with Crippen molar-refractivity contribution < 1.29 is 4.74 Å². The predicted molar refractivity (Wildman–Crippen MR) is 76.5 cm³/mol. The molecule has 2 aromatic rings. The van der Waals surface area contributed by atoms with Crippen LogP contribution >= 0.6 is 23.4 Å². The van der Waals surface area contributed by atoms with Crippen LogP contribution in [0, 0.1) is 0 Å². The zero-order valence-electron chi connectivity index (χ0n) is 10.0. The maximum absolute atomic E-state index is 5.98. The highest BCUT2D eigenvalue weighted by atomic mass is 35.5. The third kappa shape index (κ3) is 3.19. The van der Waals surface area contributed by atoms with Gasteiger partial charge in [0.15, 0.2) is 0 Å². The molecule has 0 heterocycles. The summed E-state index contributed by atoms with van der Waals surface area (Å²) in [6, 6.07) is 13.7. The second-order valence-corrected chi connectivity index (χ2v) is 5.29. The largest absolute Gasteiger partial charge is 0.497 e. The molecule has 4 heteroatoms. The first-order valence-corrected chi connectivity index (χ1v) is 6.73. The van der Waals surface area contributed by atoms with Crippen LogP contribution in [0.4, 0.5) is 0 Å². The summed E-state index contributed by atoms with van der Waals surface area (Å²) in [7, 11) is 1.66. The standard InChI is InChI=1S/C14H14ClNOS/c1-17-12-6-5-10(9-16)14(8-12)18-13-4-2-3-11(15)7-13/h2-8H,9,16H2,1H3. The maximum Gasteiger partial charge on any atom is 0.120 e. The lowest BCUT2D eigenvalue weighted by Gasteiger charge is -2.09. The molecule has 0 bridgehead atoms. The molecule has 18 heavy (non-hydrogen) atoms. The molecule has 0 saturated carbocycles. The number of nitrogens with two attached hydrogens (primary N) is 1. The molecular formula is C14H14ClNOS. The molecule has 94 valence electrons. The van der Waals surface area contributed by atoms with Crippen molar-refractivity contribution in [1.29, 1.82) is 0 Å². The Kier molecular flexibility index (Phi) is 4.53. The van der Waals surface area contributed by atoms with Crippen LogP contribution in [-0.4, -0.2) is 7.11 Å². The van der Waals surface area contributed by atoms with Gasteiger partial charge in [-0.2, -0.15) is 0 Å². The molecule has 0 aliphatic carbocycles. The van der Waals surface area contributed by atoms with Crippen molar-refractivity contribution in [3.05, 3.63) is 53.1 Å². The monoisotopic (exact) mass is 279 g/mol. The average molecular weight is 280 g/mol. The van der Waals surface area contributed by atoms with Crippen LogP contribution in [0.1, 0.15) is 5.56 Å². The fourth-order valence-electron chi connectivity index (χ4n) is 1.58. The van der Waals surface area contributed by atoms with E-state index in [0.717, 1.165) is 26.1 Å². The summed E-state index contributed by atoms with van der Waals surface area (Å²) in [5, 5.41) is 0.734. The molecule has 2 nitrogen and oxygen atoms in total. The Bertz CT molecular complexity index is 545. The molecule has 0 radical (unpaired) electrons. The van der Waals surface area contributed by atoms with Gasteiger partial charge in [-0.1, -0.05) is 35.5 Å². The van der Waals surface area contributed by atoms with Gasteiger partial charge in [0.25, 0.3) is 0 Å². The van der Waals surface area contributed by atoms with Gasteiger partial charge in [-0.15, -0.1) is 0 Å². The quantitative estimate of drug-likeness (QED) is 0.920. The van der Waals surface area contributed by atoms with Crippen molar-refractivity contribution in [2.24, 2.45) is 5.73 Å². The lowest BCUT2D eigenvalue weighted by Crippen LogP contribution is -1.98. The highest BCUT2D eigenvalue weighted by Crippen LogP contribution is 2.34. The fraction of sp³-hybridized carbons (Fsp3) is 0.143. The van der Waals surface area contributed by atoms with Gasteiger partial charge in [-0.25, -0.2) is 0 Å². The van der Waals surface area contributed by atoms with Gasteiger partial charge in [0.05, 0.1) is 7.11 Å². The highest BCUT2D eigenvalue weighted by Gasteiger charge is 2.05. The van der Waals surface area contributed by atoms with Crippen LogP contribution in [0.3, 0.4) is 0 Å². The Hall–Kier alpha value is -1.16. The molecule has 0 aromatic heterocycles. The number of hydrogen-bond donors (Lipinski definition) is 1. The summed E-state index contributed by atoms with van der Waals surface area (Å²) < 4.78 is 5.24. The van der Waals surface area contributed by atoms with E-state index < -0.39 is 0 Å². The average Bonchev–Trinajstić information content (AvgIpc) is 2.38. The minimum absolute atomic E-state index is 0.507. The Labute approximate surface area is 116 Å². The maximum atomic E-state index is 5.98. The van der Waals surface area contributed by atoms with E-state index in [0.29, 0.717) is 6.54 Å². The van der Waals surface area contributed by atoms with Crippen LogP contribution in [0.5, 0.6) is 5.75 Å². The molecule has 0 unspecified atom stereocenters. The molecule has 0 saturated heterocycles. The highest BCUT2D eigenvalue weighted by molar-refractivity contribution is 7.99. The molecule has 0 amide bonds. The molecule has 2 aromatic carbocycles. The molecular weight excluding hydrogens is 266 g/mol. The first kappa shape index (κ1) is 13.3. The minimum Gasteiger partial charge on any atom is -0.497 e. The Morgan fingerprint density at radius 3 is 2.72 bits per heavy atom. The molecule has 0 aliphatic heterocycles. The summed E-state index contributed by atoms with van der Waals surface area (Å²) in [6.45, 7) is 0.507. The van der Waals surface area contributed by atoms with Crippen molar-refractivity contribution in [3.8, 4) is 5.75 Å². The van der Waals surface area contributed by atoms with Gasteiger partial charge in [0.1, 0.15) is 5.75 Å². The van der Waals surface area contributed by atoms with Crippen LogP contribution < -0.4 is 10.5 Å². The lowest BCUT2D eigenvalue weighted by molar-refractivity contribution is 0.413. The molecule has 2 rings (SSSR count). The van der Waals surface area contributed by atoms with E-state index in [1.54, 1.807) is 18.9 Å². The Morgan fingerprint density at radius 1 is 1.22 bits per heavy atom. The SMILES string of the molecule is COc1ccc(CN)c(Sc2cccc(Cl)c2)c1. The number of ether oxygens (including phenoxy) is 1. The summed E-state index contributed by atoms with van der Waals surface area (Å²) in [4.78, 5) is 2.18. The van der Waals surface area contributed by atoms with E-state index in [9.17, 15) is 0 Å². The summed E-state index contributed by atoms with van der Waals surface area (Å²) in [6.07, 6.45) is 0. The third-order valence-corrected chi connectivity index (χ3v) is 3.84. The van der Waals surface area contributed by atoms with Crippen molar-refractivity contribution in [2.45, 2.75) is 16.3 Å². The second kappa shape index (κ2) is 6.14. The molecule has 0 spiro atoms. The van der Waals surface area contributed by atoms with Crippen molar-refractivity contribution in [1.82, 2.24) is 0 Å². The number of methoxy groups -OCH3 is 1. The molecule has 0 fully saturated rings. The zero-order valence-corrected chi connectivity index (χ0v) is 11.6. The summed E-state index contributed by atoms with van der Waals surface area (Å²) in [5.41, 5.74) is 6.84. The summed E-state index contributed by atoms with van der Waals surface area (Å²) in [5.74, 6) is 0.830. The minimum atomic E-state index is 0.507. The number of benzene rings is 2. The fourth-order valence-corrected chi connectivity index (χ4v) is 2.88. The first-order chi connectivity index (χ1) is 8.72. The zero-order chi connectivity index (χ0) is 13.0. The van der Waals surface area contributed by atoms with Gasteiger partial charge in [-0.3, -0.25) is 0 Å². The molecule has 0 atom stereocenters. The lowest BCUT2D eigenvalue weighted by atomic mass is 10.2. The Morgan fingerprint density at radius 2 is 2.06 bits per heavy atom. The van der Waals surface area contributed by atoms with E-state index in [-0.39, 0.29) is 0 Å². The van der Waals surface area contributed by atoms with E-state index >= 15 is 0 Å². The van der Waals surface area contributed by atoms with E-state index in [1.165, 1.54) is 0 Å². The van der Waals surface area contributed by atoms with Crippen molar-refractivity contribution in [2.75, 3.05) is 7.11 Å². The van der Waals surface area contributed by atoms with Gasteiger partial charge >= 0.3 is 0 Å². The Balaban J connectivity index is 2.32. The second-order valence-electron chi connectivity index (χ2n) is 3.74. The normalized spacial score (nSPS) is 10.4. The number of hydrogen-bond acceptors (Lipinski definition) is 3. The van der Waals surface area contributed by atoms with Gasteiger partial charge in [0, 0.05) is 21.4 Å². The number of rotatable bonds is 4. The van der Waals surface area contributed by atoms with Crippen LogP contribution in [0.2, 0.25) is 5.02 Å². The van der Waals surface area contributed by atoms with Crippen molar-refractivity contribution >= 4 is 23.4 Å². The van der Waals surface area contributed by atoms with Gasteiger partial charge in [-0.05, 0) is 35.9 Å². The van der Waals surface area contributed by atoms with E-state index in [4.69, 9.17) is 22.1 Å². The van der Waals surface area contributed by atoms with Crippen molar-refractivity contribution in [3.63, 3.8) is 0 Å². The third-order valence-electron chi connectivity index (χ3n) is 2.52. The smallest absolute Gasteiger partial charge is 0.120 e. The van der Waals surface area contributed by atoms with Crippen LogP contribution in [-0.2, 0) is 6.54 Å².